The number of nitrogens with one attached hydrogen (secondary N) is 2. The largest absolute Gasteiger partial charge is 0.356 e. The average molecular weight is 361 g/mol. The predicted molar refractivity (Wildman–Crippen MR) is 97.8 cm³/mol. The molecular formula is C15H28N4O2S2. The van der Waals surface area contributed by atoms with Crippen LogP contribution in [-0.4, -0.2) is 51.9 Å². The van der Waals surface area contributed by atoms with E-state index in [-0.39, 0.29) is 0 Å². The van der Waals surface area contributed by atoms with E-state index in [4.69, 9.17) is 0 Å². The van der Waals surface area contributed by atoms with Gasteiger partial charge in [0.25, 0.3) is 10.0 Å². The second-order valence-corrected chi connectivity index (χ2v) is 8.32. The second kappa shape index (κ2) is 9.89. The average Bonchev–Trinajstić information content (AvgIpc) is 3.01. The Morgan fingerprint density at radius 1 is 1.17 bits per heavy atom. The minimum atomic E-state index is -3.34. The van der Waals surface area contributed by atoms with Crippen LogP contribution in [0.15, 0.2) is 21.3 Å². The maximum atomic E-state index is 12.4. The van der Waals surface area contributed by atoms with Crippen molar-refractivity contribution < 1.29 is 8.42 Å². The van der Waals surface area contributed by atoms with Crippen molar-refractivity contribution in [3.8, 4) is 0 Å². The van der Waals surface area contributed by atoms with E-state index in [0.717, 1.165) is 30.2 Å². The zero-order valence-electron chi connectivity index (χ0n) is 14.4. The van der Waals surface area contributed by atoms with Crippen LogP contribution in [0.5, 0.6) is 0 Å². The van der Waals surface area contributed by atoms with Gasteiger partial charge in [-0.15, -0.1) is 11.3 Å². The fourth-order valence-corrected chi connectivity index (χ4v) is 5.06. The lowest BCUT2D eigenvalue weighted by atomic mass is 10.3. The van der Waals surface area contributed by atoms with Crippen molar-refractivity contribution in [3.05, 3.63) is 17.0 Å². The molecule has 1 heterocycles. The van der Waals surface area contributed by atoms with E-state index in [0.29, 0.717) is 23.8 Å². The van der Waals surface area contributed by atoms with Gasteiger partial charge in [-0.1, -0.05) is 20.8 Å². The molecule has 8 heteroatoms. The molecule has 1 aromatic rings. The molecule has 0 radical (unpaired) electrons. The van der Waals surface area contributed by atoms with Gasteiger partial charge in [0.1, 0.15) is 4.21 Å². The van der Waals surface area contributed by atoms with Crippen LogP contribution < -0.4 is 10.6 Å². The molecule has 0 spiro atoms. The summed E-state index contributed by atoms with van der Waals surface area (Å²) in [4.78, 5) is 5.19. The molecule has 0 aromatic carbocycles. The third-order valence-electron chi connectivity index (χ3n) is 3.37. The summed E-state index contributed by atoms with van der Waals surface area (Å²) in [5.41, 5.74) is 0. The van der Waals surface area contributed by atoms with Crippen LogP contribution in [0.25, 0.3) is 0 Å². The number of thiophene rings is 1. The van der Waals surface area contributed by atoms with Crippen molar-refractivity contribution in [2.75, 3.05) is 33.2 Å². The first-order chi connectivity index (χ1) is 11.0. The van der Waals surface area contributed by atoms with Gasteiger partial charge in [0, 0.05) is 38.1 Å². The zero-order valence-corrected chi connectivity index (χ0v) is 16.1. The first-order valence-electron chi connectivity index (χ1n) is 8.02. The second-order valence-electron chi connectivity index (χ2n) is 4.99. The Hall–Kier alpha value is -1.12. The van der Waals surface area contributed by atoms with E-state index in [1.54, 1.807) is 13.1 Å². The highest BCUT2D eigenvalue weighted by molar-refractivity contribution is 7.91. The summed E-state index contributed by atoms with van der Waals surface area (Å²) in [5.74, 6) is 0.777. The van der Waals surface area contributed by atoms with Crippen molar-refractivity contribution in [2.45, 2.75) is 37.8 Å². The summed E-state index contributed by atoms with van der Waals surface area (Å²) < 4.78 is 26.8. The molecule has 132 valence electrons. The normalized spacial score (nSPS) is 12.7. The first kappa shape index (κ1) is 19.9. The van der Waals surface area contributed by atoms with Crippen LogP contribution >= 0.6 is 11.3 Å². The molecule has 0 amide bonds. The van der Waals surface area contributed by atoms with E-state index >= 15 is 0 Å². The van der Waals surface area contributed by atoms with E-state index in [1.165, 1.54) is 15.6 Å². The number of guanidine groups is 1. The van der Waals surface area contributed by atoms with Crippen LogP contribution in [0, 0.1) is 0 Å². The highest BCUT2D eigenvalue weighted by Gasteiger charge is 2.23. The van der Waals surface area contributed by atoms with Gasteiger partial charge >= 0.3 is 0 Å². The fraction of sp³-hybridized carbons (Fsp3) is 0.667. The standard InChI is InChI=1S/C15H28N4O2S2/c1-5-11-17-15(16-4)18-12-10-13-8-9-14(22-13)23(20,21)19(6-2)7-3/h8-9H,5-7,10-12H2,1-4H3,(H2,16,17,18). The zero-order chi connectivity index (χ0) is 17.3. The third-order valence-corrected chi connectivity index (χ3v) is 7.03. The van der Waals surface area contributed by atoms with Crippen LogP contribution in [0.1, 0.15) is 32.1 Å². The van der Waals surface area contributed by atoms with Crippen molar-refractivity contribution in [2.24, 2.45) is 4.99 Å². The summed E-state index contributed by atoms with van der Waals surface area (Å²) in [6.07, 6.45) is 1.81. The molecule has 6 nitrogen and oxygen atoms in total. The van der Waals surface area contributed by atoms with Crippen LogP contribution in [-0.2, 0) is 16.4 Å². The minimum Gasteiger partial charge on any atom is -0.356 e. The van der Waals surface area contributed by atoms with Crippen molar-refractivity contribution in [1.82, 2.24) is 14.9 Å². The highest BCUT2D eigenvalue weighted by atomic mass is 32.2. The van der Waals surface area contributed by atoms with Crippen molar-refractivity contribution >= 4 is 27.3 Å². The van der Waals surface area contributed by atoms with Gasteiger partial charge in [-0.25, -0.2) is 8.42 Å². The summed E-state index contributed by atoms with van der Waals surface area (Å²) in [5, 5.41) is 6.44. The molecule has 0 aliphatic carbocycles. The summed E-state index contributed by atoms with van der Waals surface area (Å²) in [6, 6.07) is 3.60. The maximum absolute atomic E-state index is 12.4. The molecule has 0 unspecified atom stereocenters. The van der Waals surface area contributed by atoms with Gasteiger partial charge < -0.3 is 10.6 Å². The Morgan fingerprint density at radius 3 is 2.39 bits per heavy atom. The molecule has 23 heavy (non-hydrogen) atoms. The topological polar surface area (TPSA) is 73.8 Å². The molecule has 0 fully saturated rings. The molecular weight excluding hydrogens is 332 g/mol. The lowest BCUT2D eigenvalue weighted by Crippen LogP contribution is -2.38. The van der Waals surface area contributed by atoms with Gasteiger partial charge in [-0.3, -0.25) is 4.99 Å². The van der Waals surface area contributed by atoms with Crippen LogP contribution in [0.4, 0.5) is 0 Å². The monoisotopic (exact) mass is 360 g/mol. The first-order valence-corrected chi connectivity index (χ1v) is 10.3. The summed E-state index contributed by atoms with van der Waals surface area (Å²) in [6.45, 7) is 8.40. The Bertz CT molecular complexity index is 592. The molecule has 0 aliphatic heterocycles. The maximum Gasteiger partial charge on any atom is 0.252 e. The number of hydrogen-bond donors (Lipinski definition) is 2. The van der Waals surface area contributed by atoms with E-state index in [2.05, 4.69) is 22.5 Å². The molecule has 1 aromatic heterocycles. The number of nitrogens with zero attached hydrogens (tertiary/aromatic N) is 2. The van der Waals surface area contributed by atoms with E-state index in [1.807, 2.05) is 19.9 Å². The van der Waals surface area contributed by atoms with Gasteiger partial charge in [0.2, 0.25) is 0 Å². The lowest BCUT2D eigenvalue weighted by molar-refractivity contribution is 0.447. The molecule has 2 N–H and O–H groups in total. The number of hydrogen-bond acceptors (Lipinski definition) is 4. The quantitative estimate of drug-likeness (QED) is 0.521. The Balaban J connectivity index is 2.60. The van der Waals surface area contributed by atoms with Gasteiger partial charge in [0.05, 0.1) is 0 Å². The van der Waals surface area contributed by atoms with Gasteiger partial charge in [0.15, 0.2) is 5.96 Å². The molecule has 0 aliphatic rings. The number of rotatable bonds is 9. The fourth-order valence-electron chi connectivity index (χ4n) is 2.09. The lowest BCUT2D eigenvalue weighted by Gasteiger charge is -2.16. The predicted octanol–water partition coefficient (Wildman–Crippen LogP) is 1.90. The SMILES string of the molecule is CCCNC(=NC)NCCc1ccc(S(=O)(=O)N(CC)CC)s1. The molecule has 0 atom stereocenters. The van der Waals surface area contributed by atoms with E-state index < -0.39 is 10.0 Å². The van der Waals surface area contributed by atoms with Crippen LogP contribution in [0.2, 0.25) is 0 Å². The number of sulfonamides is 1. The van der Waals surface area contributed by atoms with Gasteiger partial charge in [-0.2, -0.15) is 4.31 Å². The molecule has 1 rings (SSSR count). The Labute approximate surface area is 144 Å². The third kappa shape index (κ3) is 5.78. The molecule has 0 saturated heterocycles. The van der Waals surface area contributed by atoms with Crippen molar-refractivity contribution in [1.29, 1.82) is 0 Å². The Kier molecular flexibility index (Phi) is 8.57. The number of aliphatic imine (C=N–C) groups is 1. The van der Waals surface area contributed by atoms with Crippen LogP contribution in [0.3, 0.4) is 0 Å². The molecule has 0 saturated carbocycles. The molecule has 0 bridgehead atoms. The smallest absolute Gasteiger partial charge is 0.252 e. The summed E-state index contributed by atoms with van der Waals surface area (Å²) in [7, 11) is -1.60. The van der Waals surface area contributed by atoms with Gasteiger partial charge in [-0.05, 0) is 25.0 Å². The minimum absolute atomic E-state index is 0.421. The summed E-state index contributed by atoms with van der Waals surface area (Å²) >= 11 is 1.35. The Morgan fingerprint density at radius 2 is 1.83 bits per heavy atom. The van der Waals surface area contributed by atoms with E-state index in [9.17, 15) is 8.42 Å². The van der Waals surface area contributed by atoms with Crippen molar-refractivity contribution in [3.63, 3.8) is 0 Å². The highest BCUT2D eigenvalue weighted by Crippen LogP contribution is 2.25.